The van der Waals surface area contributed by atoms with Gasteiger partial charge >= 0.3 is 0 Å². The van der Waals surface area contributed by atoms with Crippen molar-refractivity contribution < 1.29 is 9.53 Å². The SMILES string of the molecule is CC#CC(=O)N1CCCC1(SC)c1nc(-c2ccc(Oc3ccccc3)c(C)c2)c2c(N)nccn12. The third kappa shape index (κ3) is 3.95. The third-order valence-electron chi connectivity index (χ3n) is 6.50. The maximum atomic E-state index is 13.0. The van der Waals surface area contributed by atoms with Crippen molar-refractivity contribution in [2.45, 2.75) is 31.6 Å². The summed E-state index contributed by atoms with van der Waals surface area (Å²) in [4.78, 5) is 23.6. The lowest BCUT2D eigenvalue weighted by atomic mass is 10.1. The van der Waals surface area contributed by atoms with E-state index < -0.39 is 4.87 Å². The van der Waals surface area contributed by atoms with Crippen LogP contribution in [-0.4, -0.2) is 38.0 Å². The quantitative estimate of drug-likeness (QED) is 0.380. The molecule has 8 heteroatoms. The van der Waals surface area contributed by atoms with Crippen LogP contribution in [0.15, 0.2) is 60.9 Å². The largest absolute Gasteiger partial charge is 0.457 e. The minimum absolute atomic E-state index is 0.192. The molecule has 0 bridgehead atoms. The lowest BCUT2D eigenvalue weighted by Gasteiger charge is -2.34. The standard InChI is InChI=1S/C28H27N5O2S/c1-4-9-23(34)33-16-8-14-28(33,36-3)27-31-24(25-26(29)30-15-17-32(25)27)20-12-13-22(19(2)18-20)35-21-10-6-5-7-11-21/h5-7,10-13,15,17-18H,8,14,16H2,1-3H3,(H2,29,30). The molecule has 2 aromatic heterocycles. The highest BCUT2D eigenvalue weighted by molar-refractivity contribution is 7.99. The first-order valence-corrected chi connectivity index (χ1v) is 13.0. The third-order valence-corrected chi connectivity index (χ3v) is 7.78. The second-order valence-corrected chi connectivity index (χ2v) is 9.72. The van der Waals surface area contributed by atoms with Gasteiger partial charge in [0, 0.05) is 24.5 Å². The molecule has 2 N–H and O–H groups in total. The highest BCUT2D eigenvalue weighted by Crippen LogP contribution is 2.48. The van der Waals surface area contributed by atoms with Crippen LogP contribution in [0.4, 0.5) is 5.82 Å². The number of hydrogen-bond acceptors (Lipinski definition) is 6. The van der Waals surface area contributed by atoms with E-state index in [-0.39, 0.29) is 5.91 Å². The van der Waals surface area contributed by atoms with E-state index in [0.29, 0.717) is 12.4 Å². The molecule has 2 aromatic carbocycles. The van der Waals surface area contributed by atoms with Gasteiger partial charge in [-0.2, -0.15) is 0 Å². The maximum Gasteiger partial charge on any atom is 0.299 e. The van der Waals surface area contributed by atoms with Crippen molar-refractivity contribution in [3.63, 3.8) is 0 Å². The van der Waals surface area contributed by atoms with Crippen LogP contribution in [0.2, 0.25) is 0 Å². The zero-order valence-electron chi connectivity index (χ0n) is 20.5. The fourth-order valence-electron chi connectivity index (χ4n) is 4.84. The Kier molecular flexibility index (Phi) is 6.33. The molecule has 1 saturated heterocycles. The fourth-order valence-corrected chi connectivity index (χ4v) is 5.91. The minimum atomic E-state index is -0.651. The first kappa shape index (κ1) is 23.8. The summed E-state index contributed by atoms with van der Waals surface area (Å²) < 4.78 is 8.05. The Morgan fingerprint density at radius 1 is 1.22 bits per heavy atom. The normalized spacial score (nSPS) is 17.1. The highest BCUT2D eigenvalue weighted by atomic mass is 32.2. The molecule has 7 nitrogen and oxygen atoms in total. The van der Waals surface area contributed by atoms with Gasteiger partial charge in [0.15, 0.2) is 5.82 Å². The summed E-state index contributed by atoms with van der Waals surface area (Å²) in [5, 5.41) is 0. The average molecular weight is 498 g/mol. The van der Waals surface area contributed by atoms with Crippen molar-refractivity contribution in [2.24, 2.45) is 0 Å². The van der Waals surface area contributed by atoms with Crippen molar-refractivity contribution in [1.82, 2.24) is 19.3 Å². The monoisotopic (exact) mass is 497 g/mol. The summed E-state index contributed by atoms with van der Waals surface area (Å²) in [6, 6.07) is 15.7. The molecular weight excluding hydrogens is 470 g/mol. The Hall–Kier alpha value is -3.96. The first-order valence-electron chi connectivity index (χ1n) is 11.7. The number of thioether (sulfide) groups is 1. The van der Waals surface area contributed by atoms with Gasteiger partial charge in [0.1, 0.15) is 33.4 Å². The molecule has 5 rings (SSSR count). The molecule has 1 unspecified atom stereocenters. The molecule has 0 aliphatic carbocycles. The number of hydrogen-bond donors (Lipinski definition) is 1. The van der Waals surface area contributed by atoms with Crippen molar-refractivity contribution in [3.05, 3.63) is 72.3 Å². The number of rotatable bonds is 5. The number of benzene rings is 2. The molecule has 0 saturated carbocycles. The lowest BCUT2D eigenvalue weighted by molar-refractivity contribution is -0.127. The van der Waals surface area contributed by atoms with Crippen LogP contribution < -0.4 is 10.5 Å². The zero-order valence-corrected chi connectivity index (χ0v) is 21.3. The molecule has 0 spiro atoms. The Balaban J connectivity index is 1.64. The first-order chi connectivity index (χ1) is 17.5. The molecule has 3 heterocycles. The van der Waals surface area contributed by atoms with Crippen LogP contribution in [0.1, 0.15) is 31.2 Å². The number of nitrogen functional groups attached to an aromatic ring is 1. The number of ether oxygens (including phenoxy) is 1. The topological polar surface area (TPSA) is 85.8 Å². The van der Waals surface area contributed by atoms with Gasteiger partial charge in [-0.25, -0.2) is 9.97 Å². The summed E-state index contributed by atoms with van der Waals surface area (Å²) in [6.07, 6.45) is 7.18. The van der Waals surface area contributed by atoms with E-state index in [1.54, 1.807) is 24.9 Å². The Labute approximate surface area is 214 Å². The van der Waals surface area contributed by atoms with Gasteiger partial charge in [-0.05, 0) is 74.8 Å². The Morgan fingerprint density at radius 3 is 2.75 bits per heavy atom. The molecule has 1 aliphatic heterocycles. The number of amides is 1. The smallest absolute Gasteiger partial charge is 0.299 e. The number of likely N-dealkylation sites (tertiary alicyclic amines) is 1. The van der Waals surface area contributed by atoms with Gasteiger partial charge in [-0.3, -0.25) is 9.20 Å². The van der Waals surface area contributed by atoms with Crippen LogP contribution in [0.5, 0.6) is 11.5 Å². The second kappa shape index (κ2) is 9.59. The summed E-state index contributed by atoms with van der Waals surface area (Å²) in [5.74, 6) is 7.95. The van der Waals surface area contributed by atoms with Gasteiger partial charge < -0.3 is 15.4 Å². The van der Waals surface area contributed by atoms with Crippen molar-refractivity contribution in [2.75, 3.05) is 18.5 Å². The van der Waals surface area contributed by atoms with Gasteiger partial charge in [0.05, 0.1) is 0 Å². The number of para-hydroxylation sites is 1. The molecule has 1 amide bonds. The molecule has 0 radical (unpaired) electrons. The van der Waals surface area contributed by atoms with E-state index in [2.05, 4.69) is 16.8 Å². The van der Waals surface area contributed by atoms with Crippen molar-refractivity contribution in [3.8, 4) is 34.6 Å². The summed E-state index contributed by atoms with van der Waals surface area (Å²) in [5.41, 5.74) is 9.71. The van der Waals surface area contributed by atoms with Crippen molar-refractivity contribution >= 4 is 29.0 Å². The zero-order chi connectivity index (χ0) is 25.3. The molecule has 1 fully saturated rings. The number of aromatic nitrogens is 3. The number of carbonyl (C=O) groups excluding carboxylic acids is 1. The summed E-state index contributed by atoms with van der Waals surface area (Å²) in [6.45, 7) is 4.31. The molecule has 4 aromatic rings. The van der Waals surface area contributed by atoms with E-state index in [4.69, 9.17) is 15.5 Å². The summed E-state index contributed by atoms with van der Waals surface area (Å²) in [7, 11) is 0. The highest BCUT2D eigenvalue weighted by Gasteiger charge is 2.48. The molecular formula is C28H27N5O2S. The number of anilines is 1. The van der Waals surface area contributed by atoms with Gasteiger partial charge in [0.25, 0.3) is 5.91 Å². The number of nitrogens with two attached hydrogens (primary N) is 1. The maximum absolute atomic E-state index is 13.0. The van der Waals surface area contributed by atoms with Crippen LogP contribution in [0, 0.1) is 18.8 Å². The number of fused-ring (bicyclic) bond motifs is 1. The van der Waals surface area contributed by atoms with Crippen LogP contribution in [0.3, 0.4) is 0 Å². The summed E-state index contributed by atoms with van der Waals surface area (Å²) >= 11 is 1.60. The van der Waals surface area contributed by atoms with E-state index >= 15 is 0 Å². The van der Waals surface area contributed by atoms with Gasteiger partial charge in [-0.1, -0.05) is 24.1 Å². The Bertz CT molecular complexity index is 1510. The second-order valence-electron chi connectivity index (χ2n) is 8.63. The number of nitrogens with zero attached hydrogens (tertiary/aromatic N) is 4. The van der Waals surface area contributed by atoms with Crippen LogP contribution in [0.25, 0.3) is 16.8 Å². The molecule has 1 atom stereocenters. The van der Waals surface area contributed by atoms with Gasteiger partial charge in [0.2, 0.25) is 0 Å². The van der Waals surface area contributed by atoms with Crippen molar-refractivity contribution in [1.29, 1.82) is 0 Å². The predicted molar refractivity (Wildman–Crippen MR) is 144 cm³/mol. The van der Waals surface area contributed by atoms with Crippen LogP contribution in [-0.2, 0) is 9.67 Å². The Morgan fingerprint density at radius 2 is 2.03 bits per heavy atom. The number of carbonyl (C=O) groups is 1. The molecule has 36 heavy (non-hydrogen) atoms. The predicted octanol–water partition coefficient (Wildman–Crippen LogP) is 5.24. The van der Waals surface area contributed by atoms with E-state index in [1.165, 1.54) is 0 Å². The van der Waals surface area contributed by atoms with E-state index in [1.807, 2.05) is 77.2 Å². The van der Waals surface area contributed by atoms with Gasteiger partial charge in [-0.15, -0.1) is 11.8 Å². The molecule has 1 aliphatic rings. The van der Waals surface area contributed by atoms with E-state index in [0.717, 1.165) is 52.5 Å². The number of imidazole rings is 1. The fraction of sp³-hybridized carbons (Fsp3) is 0.250. The molecule has 182 valence electrons. The van der Waals surface area contributed by atoms with Crippen LogP contribution >= 0.6 is 11.8 Å². The number of aryl methyl sites for hydroxylation is 1. The van der Waals surface area contributed by atoms with E-state index in [9.17, 15) is 4.79 Å². The lowest BCUT2D eigenvalue weighted by Crippen LogP contribution is -2.43. The minimum Gasteiger partial charge on any atom is -0.457 e. The average Bonchev–Trinajstić information content (AvgIpc) is 3.50.